The van der Waals surface area contributed by atoms with Crippen LogP contribution in [0.1, 0.15) is 37.4 Å². The van der Waals surface area contributed by atoms with Crippen LogP contribution in [0.3, 0.4) is 0 Å². The van der Waals surface area contributed by atoms with Crippen LogP contribution >= 0.6 is 11.8 Å². The first kappa shape index (κ1) is 12.5. The van der Waals surface area contributed by atoms with Gasteiger partial charge in [0.25, 0.3) is 0 Å². The molecule has 0 bridgehead atoms. The van der Waals surface area contributed by atoms with Gasteiger partial charge in [0, 0.05) is 12.3 Å². The Kier molecular flexibility index (Phi) is 2.96. The number of thioether (sulfide) groups is 1. The van der Waals surface area contributed by atoms with Crippen LogP contribution in [0.5, 0.6) is 0 Å². The fraction of sp³-hybridized carbons (Fsp3) is 0.600. The van der Waals surface area contributed by atoms with E-state index in [0.717, 1.165) is 24.5 Å². The summed E-state index contributed by atoms with van der Waals surface area (Å²) in [6.45, 7) is 5.39. The molecule has 2 atom stereocenters. The van der Waals surface area contributed by atoms with Crippen LogP contribution in [-0.2, 0) is 6.54 Å². The molecule has 2 nitrogen and oxygen atoms in total. The van der Waals surface area contributed by atoms with Crippen LogP contribution in [0.2, 0.25) is 0 Å². The Morgan fingerprint density at radius 2 is 2.06 bits per heavy atom. The highest BCUT2D eigenvalue weighted by Crippen LogP contribution is 2.46. The van der Waals surface area contributed by atoms with Gasteiger partial charge >= 0.3 is 0 Å². The lowest BCUT2D eigenvalue weighted by molar-refractivity contribution is -0.0127. The molecule has 98 valence electrons. The molecule has 1 aromatic rings. The Morgan fingerprint density at radius 3 is 2.83 bits per heavy atom. The summed E-state index contributed by atoms with van der Waals surface area (Å²) in [6, 6.07) is 8.56. The van der Waals surface area contributed by atoms with Gasteiger partial charge in [0.1, 0.15) is 0 Å². The van der Waals surface area contributed by atoms with E-state index in [1.807, 2.05) is 11.8 Å². The van der Waals surface area contributed by atoms with E-state index in [1.54, 1.807) is 0 Å². The number of benzene rings is 1. The van der Waals surface area contributed by atoms with E-state index in [4.69, 9.17) is 0 Å². The third-order valence-corrected chi connectivity index (χ3v) is 5.72. The molecule has 2 aliphatic rings. The maximum atomic E-state index is 11.1. The van der Waals surface area contributed by atoms with Crippen LogP contribution in [0, 0.1) is 5.41 Å². The van der Waals surface area contributed by atoms with Crippen molar-refractivity contribution in [2.24, 2.45) is 5.41 Å². The first-order valence-electron chi connectivity index (χ1n) is 6.62. The maximum absolute atomic E-state index is 11.1. The molecule has 0 aliphatic carbocycles. The van der Waals surface area contributed by atoms with Gasteiger partial charge in [0.05, 0.1) is 11.6 Å². The molecule has 0 aromatic heterocycles. The lowest BCUT2D eigenvalue weighted by Crippen LogP contribution is -2.49. The third kappa shape index (κ3) is 2.09. The van der Waals surface area contributed by atoms with Crippen molar-refractivity contribution >= 4 is 11.8 Å². The first-order chi connectivity index (χ1) is 8.50. The summed E-state index contributed by atoms with van der Waals surface area (Å²) in [5, 5.41) is 14.6. The van der Waals surface area contributed by atoms with E-state index in [9.17, 15) is 5.11 Å². The molecule has 1 aromatic carbocycles. The third-order valence-electron chi connectivity index (χ3n) is 4.03. The second kappa shape index (κ2) is 4.26. The van der Waals surface area contributed by atoms with Crippen LogP contribution in [0.15, 0.2) is 24.3 Å². The van der Waals surface area contributed by atoms with Gasteiger partial charge in [-0.05, 0) is 28.7 Å². The molecule has 0 spiro atoms. The molecule has 2 heterocycles. The van der Waals surface area contributed by atoms with E-state index in [1.165, 1.54) is 11.1 Å². The van der Waals surface area contributed by atoms with Gasteiger partial charge in [-0.25, -0.2) is 0 Å². The van der Waals surface area contributed by atoms with Gasteiger partial charge in [0.15, 0.2) is 0 Å². The summed E-state index contributed by atoms with van der Waals surface area (Å²) >= 11 is 1.88. The molecule has 0 amide bonds. The van der Waals surface area contributed by atoms with Gasteiger partial charge in [-0.15, -0.1) is 0 Å². The Hall–Kier alpha value is -0.510. The Bertz CT molecular complexity index is 460. The summed E-state index contributed by atoms with van der Waals surface area (Å²) in [5.74, 6) is 1.98. The number of fused-ring (bicyclic) bond motifs is 1. The fourth-order valence-corrected chi connectivity index (χ4v) is 4.78. The van der Waals surface area contributed by atoms with Gasteiger partial charge in [0.2, 0.25) is 0 Å². The van der Waals surface area contributed by atoms with Gasteiger partial charge in [-0.3, -0.25) is 0 Å². The van der Waals surface area contributed by atoms with Crippen LogP contribution < -0.4 is 5.32 Å². The minimum absolute atomic E-state index is 0.0979. The summed E-state index contributed by atoms with van der Waals surface area (Å²) in [4.78, 5) is 0. The lowest BCUT2D eigenvalue weighted by atomic mass is 9.76. The molecule has 2 aliphatic heterocycles. The van der Waals surface area contributed by atoms with Crippen molar-refractivity contribution in [3.8, 4) is 0 Å². The molecule has 0 saturated carbocycles. The molecule has 1 fully saturated rings. The van der Waals surface area contributed by atoms with Crippen molar-refractivity contribution in [1.82, 2.24) is 5.32 Å². The standard InChI is InChI=1S/C15H21NOS/c1-14(2)8-15(17,10-18-9-14)13-12-6-4-3-5-11(12)7-16-13/h3-6,13,16-17H,7-10H2,1-2H3. The van der Waals surface area contributed by atoms with Crippen LogP contribution in [0.4, 0.5) is 0 Å². The second-order valence-electron chi connectivity index (χ2n) is 6.45. The van der Waals surface area contributed by atoms with E-state index >= 15 is 0 Å². The fourth-order valence-electron chi connectivity index (χ4n) is 3.40. The molecule has 1 saturated heterocycles. The number of hydrogen-bond acceptors (Lipinski definition) is 3. The Balaban J connectivity index is 1.92. The minimum Gasteiger partial charge on any atom is -0.387 e. The largest absolute Gasteiger partial charge is 0.387 e. The van der Waals surface area contributed by atoms with E-state index < -0.39 is 5.60 Å². The molecule has 3 rings (SSSR count). The first-order valence-corrected chi connectivity index (χ1v) is 7.77. The predicted molar refractivity (Wildman–Crippen MR) is 76.7 cm³/mol. The van der Waals surface area contributed by atoms with Crippen molar-refractivity contribution in [3.05, 3.63) is 35.4 Å². The highest BCUT2D eigenvalue weighted by Gasteiger charge is 2.46. The molecular formula is C15H21NOS. The van der Waals surface area contributed by atoms with Crippen molar-refractivity contribution in [2.45, 2.75) is 38.5 Å². The second-order valence-corrected chi connectivity index (χ2v) is 7.44. The Labute approximate surface area is 113 Å². The zero-order chi connectivity index (χ0) is 12.8. The van der Waals surface area contributed by atoms with E-state index in [0.29, 0.717) is 0 Å². The average molecular weight is 263 g/mol. The molecule has 18 heavy (non-hydrogen) atoms. The average Bonchev–Trinajstić information content (AvgIpc) is 2.71. The number of nitrogens with one attached hydrogen (secondary N) is 1. The van der Waals surface area contributed by atoms with Crippen LogP contribution in [0.25, 0.3) is 0 Å². The normalized spacial score (nSPS) is 34.3. The number of rotatable bonds is 1. The van der Waals surface area contributed by atoms with E-state index in [-0.39, 0.29) is 11.5 Å². The highest BCUT2D eigenvalue weighted by molar-refractivity contribution is 7.99. The zero-order valence-corrected chi connectivity index (χ0v) is 11.9. The molecule has 2 N–H and O–H groups in total. The monoisotopic (exact) mass is 263 g/mol. The van der Waals surface area contributed by atoms with E-state index in [2.05, 4.69) is 43.4 Å². The van der Waals surface area contributed by atoms with Gasteiger partial charge in [-0.1, -0.05) is 38.1 Å². The molecule has 3 heteroatoms. The van der Waals surface area contributed by atoms with Gasteiger partial charge in [-0.2, -0.15) is 11.8 Å². The molecular weight excluding hydrogens is 242 g/mol. The predicted octanol–water partition coefficient (Wildman–Crippen LogP) is 2.73. The number of aliphatic hydroxyl groups is 1. The highest BCUT2D eigenvalue weighted by atomic mass is 32.2. The summed E-state index contributed by atoms with van der Waals surface area (Å²) in [7, 11) is 0. The van der Waals surface area contributed by atoms with Crippen molar-refractivity contribution in [2.75, 3.05) is 11.5 Å². The topological polar surface area (TPSA) is 32.3 Å². The smallest absolute Gasteiger partial charge is 0.0936 e. The van der Waals surface area contributed by atoms with Crippen LogP contribution in [-0.4, -0.2) is 22.2 Å². The summed E-state index contributed by atoms with van der Waals surface area (Å²) < 4.78 is 0. The molecule has 2 unspecified atom stereocenters. The summed E-state index contributed by atoms with van der Waals surface area (Å²) in [5.41, 5.74) is 2.23. The summed E-state index contributed by atoms with van der Waals surface area (Å²) in [6.07, 6.45) is 0.874. The van der Waals surface area contributed by atoms with Crippen molar-refractivity contribution in [1.29, 1.82) is 0 Å². The SMILES string of the molecule is CC1(C)CSCC(O)(C2NCc3ccccc32)C1. The van der Waals surface area contributed by atoms with Crippen molar-refractivity contribution < 1.29 is 5.11 Å². The zero-order valence-electron chi connectivity index (χ0n) is 11.1. The maximum Gasteiger partial charge on any atom is 0.0936 e. The lowest BCUT2D eigenvalue weighted by Gasteiger charge is -2.44. The minimum atomic E-state index is -0.612. The Morgan fingerprint density at radius 1 is 1.28 bits per heavy atom. The van der Waals surface area contributed by atoms with Crippen molar-refractivity contribution in [3.63, 3.8) is 0 Å². The van der Waals surface area contributed by atoms with Gasteiger partial charge < -0.3 is 10.4 Å². The number of hydrogen-bond donors (Lipinski definition) is 2. The quantitative estimate of drug-likeness (QED) is 0.817. The molecule has 0 radical (unpaired) electrons.